The number of benzene rings is 4. The number of aromatic amines is 2. The molecular formula is C46H63BBr2N8NaO3S. The second-order valence-electron chi connectivity index (χ2n) is 15.2. The van der Waals surface area contributed by atoms with E-state index >= 15 is 0 Å². The first-order valence-corrected chi connectivity index (χ1v) is 22.4. The van der Waals surface area contributed by atoms with Gasteiger partial charge in [0.1, 0.15) is 17.4 Å². The van der Waals surface area contributed by atoms with E-state index in [-0.39, 0.29) is 78.5 Å². The number of halogens is 2. The molecule has 2 saturated heterocycles. The number of carbonyl (C=O) groups excluding carboxylic acids is 1. The summed E-state index contributed by atoms with van der Waals surface area (Å²) in [6, 6.07) is 29.8. The van der Waals surface area contributed by atoms with E-state index in [9.17, 15) is 9.90 Å². The van der Waals surface area contributed by atoms with Gasteiger partial charge < -0.3 is 41.2 Å². The summed E-state index contributed by atoms with van der Waals surface area (Å²) in [6.45, 7) is 17.5. The van der Waals surface area contributed by atoms with E-state index in [2.05, 4.69) is 158 Å². The maximum absolute atomic E-state index is 11.9. The zero-order chi connectivity index (χ0) is 42.1. The third-order valence-electron chi connectivity index (χ3n) is 11.2. The molecule has 16 heteroatoms. The van der Waals surface area contributed by atoms with Gasteiger partial charge in [-0.25, -0.2) is 9.97 Å². The number of H-pyrrole nitrogens is 2. The number of nitrogens with one attached hydrogen (secondary N) is 2. The number of Topliss-reactive ketones (excluding diaryl/α,β-unsaturated/α-hetero) is 1. The number of aliphatic hydroxyl groups is 2. The predicted molar refractivity (Wildman–Crippen MR) is 270 cm³/mol. The molecule has 0 aliphatic carbocycles. The van der Waals surface area contributed by atoms with Crippen molar-refractivity contribution in [3.63, 3.8) is 0 Å². The Hall–Kier alpha value is -3.02. The van der Waals surface area contributed by atoms with Crippen LogP contribution in [0.3, 0.4) is 0 Å². The predicted octanol–water partition coefficient (Wildman–Crippen LogP) is 6.35. The maximum atomic E-state index is 11.9. The Morgan fingerprint density at radius 1 is 0.677 bits per heavy atom. The fourth-order valence-corrected chi connectivity index (χ4v) is 8.48. The monoisotopic (exact) mass is 999 g/mol. The number of ketones is 1. The van der Waals surface area contributed by atoms with Crippen LogP contribution in [-0.4, -0.2) is 109 Å². The third-order valence-corrected chi connectivity index (χ3v) is 12.3. The van der Waals surface area contributed by atoms with E-state index in [4.69, 9.17) is 10.1 Å². The smallest absolute Gasteiger partial charge is 1.00 e. The molecule has 3 unspecified atom stereocenters. The average Bonchev–Trinajstić information content (AvgIpc) is 3.86. The van der Waals surface area contributed by atoms with Crippen molar-refractivity contribution in [3.8, 4) is 0 Å². The minimum atomic E-state index is -0.406. The molecule has 0 spiro atoms. The zero-order valence-corrected chi connectivity index (χ0v) is 43.1. The summed E-state index contributed by atoms with van der Waals surface area (Å²) in [5.41, 5.74) is 8.91. The average molecular weight is 1000 g/mol. The van der Waals surface area contributed by atoms with Crippen molar-refractivity contribution in [1.82, 2.24) is 19.9 Å². The molecule has 3 radical (unpaired) electrons. The van der Waals surface area contributed by atoms with Gasteiger partial charge in [0.25, 0.3) is 0 Å². The summed E-state index contributed by atoms with van der Waals surface area (Å²) in [5.74, 6) is 1.72. The first kappa shape index (κ1) is 53.3. The van der Waals surface area contributed by atoms with Crippen molar-refractivity contribution < 1.29 is 47.4 Å². The van der Waals surface area contributed by atoms with Gasteiger partial charge in [0.2, 0.25) is 0 Å². The first-order valence-electron chi connectivity index (χ1n) is 20.8. The molecular weight excluding hydrogens is 938 g/mol. The molecule has 62 heavy (non-hydrogen) atoms. The van der Waals surface area contributed by atoms with E-state index in [0.29, 0.717) is 0 Å². The Morgan fingerprint density at radius 2 is 1.02 bits per heavy atom. The number of rotatable bonds is 10. The Labute approximate surface area is 418 Å². The molecule has 4 aromatic carbocycles. The summed E-state index contributed by atoms with van der Waals surface area (Å²) < 4.78 is 2.22. The summed E-state index contributed by atoms with van der Waals surface area (Å²) in [5, 5.41) is 17.6. The number of fused-ring (bicyclic) bond motifs is 2. The summed E-state index contributed by atoms with van der Waals surface area (Å²) in [6.07, 6.45) is 1.22. The number of carbonyl (C=O) groups is 1. The zero-order valence-electron chi connectivity index (χ0n) is 37.9. The van der Waals surface area contributed by atoms with Crippen LogP contribution in [0.25, 0.3) is 22.1 Å². The Morgan fingerprint density at radius 3 is 1.35 bits per heavy atom. The molecule has 4 N–H and O–H groups in total. The van der Waals surface area contributed by atoms with Crippen molar-refractivity contribution in [2.45, 2.75) is 65.4 Å². The number of aromatic nitrogens is 4. The van der Waals surface area contributed by atoms with E-state index in [1.807, 2.05) is 13.8 Å². The maximum Gasteiger partial charge on any atom is 1.00 e. The molecule has 6 aromatic rings. The number of anilines is 4. The molecule has 3 atom stereocenters. The molecule has 0 saturated carbocycles. The fourth-order valence-electron chi connectivity index (χ4n) is 7.95. The Bertz CT molecular complexity index is 2280. The van der Waals surface area contributed by atoms with Crippen LogP contribution < -0.4 is 49.2 Å². The molecule has 2 aliphatic rings. The van der Waals surface area contributed by atoms with Crippen LogP contribution >= 0.6 is 45.4 Å². The van der Waals surface area contributed by atoms with E-state index < -0.39 is 6.10 Å². The van der Waals surface area contributed by atoms with Crippen molar-refractivity contribution in [3.05, 3.63) is 106 Å². The first-order chi connectivity index (χ1) is 28.5. The van der Waals surface area contributed by atoms with Gasteiger partial charge in [-0.15, -0.1) is 0 Å². The molecule has 2 fully saturated rings. The topological polar surface area (TPSA) is 128 Å². The summed E-state index contributed by atoms with van der Waals surface area (Å²) in [7, 11) is 0. The van der Waals surface area contributed by atoms with E-state index in [1.54, 1.807) is 13.8 Å². The molecule has 2 aromatic heterocycles. The Kier molecular flexibility index (Phi) is 21.9. The molecule has 0 bridgehead atoms. The van der Waals surface area contributed by atoms with Crippen LogP contribution in [0.2, 0.25) is 0 Å². The van der Waals surface area contributed by atoms with Gasteiger partial charge in [0.15, 0.2) is 0 Å². The summed E-state index contributed by atoms with van der Waals surface area (Å²) in [4.78, 5) is 37.7. The Balaban J connectivity index is 0.000000562. The fraction of sp³-hybridized carbons (Fsp3) is 0.413. The van der Waals surface area contributed by atoms with Crippen LogP contribution in [0.1, 0.15) is 73.8 Å². The van der Waals surface area contributed by atoms with Gasteiger partial charge in [-0.2, -0.15) is 13.5 Å². The van der Waals surface area contributed by atoms with Gasteiger partial charge in [-0.05, 0) is 119 Å². The van der Waals surface area contributed by atoms with Gasteiger partial charge in [0.05, 0.1) is 34.1 Å². The second kappa shape index (κ2) is 25.5. The van der Waals surface area contributed by atoms with Crippen molar-refractivity contribution >= 4 is 104 Å². The third kappa shape index (κ3) is 13.5. The SMILES string of the molecule is CCC(C(C)=O)c1nc2ccc(N3CCN(c4ccc(Br)cc4)CC3)cc2[nH]1.CCC(c1nc2ccc(N3CCN(c4ccc(Br)cc4)CC3)cc2[nH]1)C(C)O.CCO.S.[B].[H-].[HH].[Na+]. The number of aliphatic hydroxyl groups excluding tert-OH is 2. The standard InChI is InChI=1S/C22H27BrN4O.C22H25BrN4O.C2H6O.B.Na.H2S.H2.H/c2*1-3-19(15(2)28)22-24-20-9-8-18(14-21(20)25-22)27-12-10-26(11-13-27)17-6-4-16(23)5-7-17;1-2-3;;;;;/h4-9,14-15,19,28H,3,10-13H2,1-2H3,(H,24,25);4-9,14,19H,3,10-13H2,1-2H3,(H,24,25);3H,2H2,1H3;;;1H2;1H;/q;;;;+1;;;-1. The number of hydrogen-bond donors (Lipinski definition) is 4. The van der Waals surface area contributed by atoms with Crippen molar-refractivity contribution in [2.24, 2.45) is 0 Å². The van der Waals surface area contributed by atoms with Crippen LogP contribution in [0, 0.1) is 0 Å². The van der Waals surface area contributed by atoms with Crippen LogP contribution in [0.15, 0.2) is 93.9 Å². The number of piperazine rings is 2. The molecule has 2 aliphatic heterocycles. The van der Waals surface area contributed by atoms with Crippen molar-refractivity contribution in [2.75, 3.05) is 78.6 Å². The van der Waals surface area contributed by atoms with Gasteiger partial charge in [-0.3, -0.25) is 4.79 Å². The minimum absolute atomic E-state index is 0. The van der Waals surface area contributed by atoms with E-state index in [0.717, 1.165) is 108 Å². The normalized spacial score (nSPS) is 15.2. The van der Waals surface area contributed by atoms with Gasteiger partial charge >= 0.3 is 29.6 Å². The number of nitrogens with zero attached hydrogens (tertiary/aromatic N) is 6. The van der Waals surface area contributed by atoms with Crippen LogP contribution in [0.4, 0.5) is 22.7 Å². The van der Waals surface area contributed by atoms with Crippen LogP contribution in [-0.2, 0) is 4.79 Å². The molecule has 329 valence electrons. The number of imidazole rings is 2. The van der Waals surface area contributed by atoms with Crippen LogP contribution in [0.5, 0.6) is 0 Å². The molecule has 4 heterocycles. The van der Waals surface area contributed by atoms with Gasteiger partial charge in [0, 0.05) is 106 Å². The number of hydrogen-bond acceptors (Lipinski definition) is 9. The summed E-state index contributed by atoms with van der Waals surface area (Å²) >= 11 is 7.00. The van der Waals surface area contributed by atoms with Gasteiger partial charge in [-0.1, -0.05) is 45.7 Å². The molecule has 0 amide bonds. The molecule has 11 nitrogen and oxygen atoms in total. The van der Waals surface area contributed by atoms with Crippen molar-refractivity contribution in [1.29, 1.82) is 0 Å². The minimum Gasteiger partial charge on any atom is -1.00 e. The van der Waals surface area contributed by atoms with E-state index in [1.165, 1.54) is 22.7 Å². The molecule has 8 rings (SSSR count). The largest absolute Gasteiger partial charge is 1.00 e. The second-order valence-corrected chi connectivity index (χ2v) is 17.0. The quantitative estimate of drug-likeness (QED) is 0.116.